The third kappa shape index (κ3) is 3.35. The molecule has 6 nitrogen and oxygen atoms in total. The Kier molecular flexibility index (Phi) is 4.61. The van der Waals surface area contributed by atoms with Crippen molar-refractivity contribution >= 4 is 5.91 Å². The van der Waals surface area contributed by atoms with Gasteiger partial charge in [0, 0.05) is 39.1 Å². The summed E-state index contributed by atoms with van der Waals surface area (Å²) < 4.78 is 3.73. The minimum Gasteiger partial charge on any atom is -0.338 e. The van der Waals surface area contributed by atoms with Gasteiger partial charge in [-0.1, -0.05) is 0 Å². The van der Waals surface area contributed by atoms with E-state index in [1.807, 2.05) is 41.0 Å². The van der Waals surface area contributed by atoms with Crippen LogP contribution in [0.2, 0.25) is 0 Å². The number of hydrogen-bond donors (Lipinski definition) is 0. The average Bonchev–Trinajstić information content (AvgIpc) is 3.36. The Labute approximate surface area is 149 Å². The highest BCUT2D eigenvalue weighted by atomic mass is 16.2. The largest absolute Gasteiger partial charge is 0.338 e. The summed E-state index contributed by atoms with van der Waals surface area (Å²) in [4.78, 5) is 17.6. The molecule has 0 unspecified atom stereocenters. The fourth-order valence-corrected chi connectivity index (χ4v) is 4.18. The molecule has 2 fully saturated rings. The summed E-state index contributed by atoms with van der Waals surface area (Å²) in [6.45, 7) is 5.45. The van der Waals surface area contributed by atoms with Crippen molar-refractivity contribution in [3.8, 4) is 5.82 Å². The molecule has 0 saturated carbocycles. The van der Waals surface area contributed by atoms with Crippen LogP contribution in [0.15, 0.2) is 30.7 Å². The van der Waals surface area contributed by atoms with Crippen LogP contribution in [0, 0.1) is 5.92 Å². The van der Waals surface area contributed by atoms with Gasteiger partial charge in [0.1, 0.15) is 11.4 Å². The molecular formula is C19H27N5O. The van der Waals surface area contributed by atoms with Gasteiger partial charge in [-0.25, -0.2) is 0 Å². The Morgan fingerprint density at radius 2 is 1.80 bits per heavy atom. The highest BCUT2D eigenvalue weighted by Crippen LogP contribution is 2.23. The van der Waals surface area contributed by atoms with Crippen LogP contribution in [0.3, 0.4) is 0 Å². The van der Waals surface area contributed by atoms with E-state index in [-0.39, 0.29) is 5.91 Å². The van der Waals surface area contributed by atoms with Gasteiger partial charge in [-0.15, -0.1) is 0 Å². The highest BCUT2D eigenvalue weighted by molar-refractivity contribution is 5.97. The number of likely N-dealkylation sites (tertiary alicyclic amines) is 2. The van der Waals surface area contributed by atoms with Crippen molar-refractivity contribution in [2.45, 2.75) is 25.7 Å². The van der Waals surface area contributed by atoms with E-state index >= 15 is 0 Å². The van der Waals surface area contributed by atoms with Crippen molar-refractivity contribution in [3.63, 3.8) is 0 Å². The molecule has 134 valence electrons. The number of amides is 1. The number of rotatable bonds is 4. The number of aryl methyl sites for hydroxylation is 1. The maximum absolute atomic E-state index is 13.0. The van der Waals surface area contributed by atoms with E-state index in [2.05, 4.69) is 10.00 Å². The minimum atomic E-state index is 0.108. The van der Waals surface area contributed by atoms with E-state index in [1.54, 1.807) is 10.9 Å². The molecule has 2 aromatic rings. The second kappa shape index (κ2) is 7.04. The van der Waals surface area contributed by atoms with Crippen molar-refractivity contribution in [3.05, 3.63) is 36.3 Å². The first-order chi connectivity index (χ1) is 12.2. The van der Waals surface area contributed by atoms with Gasteiger partial charge < -0.3 is 14.4 Å². The molecule has 0 spiro atoms. The lowest BCUT2D eigenvalue weighted by atomic mass is 9.96. The lowest BCUT2D eigenvalue weighted by molar-refractivity contribution is 0.0673. The van der Waals surface area contributed by atoms with Gasteiger partial charge in [0.2, 0.25) is 0 Å². The van der Waals surface area contributed by atoms with Crippen molar-refractivity contribution in [2.24, 2.45) is 13.0 Å². The van der Waals surface area contributed by atoms with Crippen molar-refractivity contribution in [1.29, 1.82) is 0 Å². The van der Waals surface area contributed by atoms with Gasteiger partial charge >= 0.3 is 0 Å². The Morgan fingerprint density at radius 3 is 2.48 bits per heavy atom. The number of hydrogen-bond acceptors (Lipinski definition) is 3. The van der Waals surface area contributed by atoms with Gasteiger partial charge in [0.15, 0.2) is 0 Å². The predicted molar refractivity (Wildman–Crippen MR) is 96.8 cm³/mol. The molecule has 0 aliphatic carbocycles. The normalized spacial score (nSPS) is 19.6. The average molecular weight is 341 g/mol. The first-order valence-corrected chi connectivity index (χ1v) is 9.39. The van der Waals surface area contributed by atoms with Crippen LogP contribution < -0.4 is 0 Å². The molecular weight excluding hydrogens is 314 g/mol. The van der Waals surface area contributed by atoms with Crippen molar-refractivity contribution in [2.75, 3.05) is 32.7 Å². The summed E-state index contributed by atoms with van der Waals surface area (Å²) >= 11 is 0. The fourth-order valence-electron chi connectivity index (χ4n) is 4.18. The molecule has 0 atom stereocenters. The number of carbonyl (C=O) groups is 1. The van der Waals surface area contributed by atoms with Gasteiger partial charge in [0.25, 0.3) is 5.91 Å². The van der Waals surface area contributed by atoms with Gasteiger partial charge in [-0.3, -0.25) is 9.48 Å². The summed E-state index contributed by atoms with van der Waals surface area (Å²) in [6.07, 6.45) is 10.5. The molecule has 4 heterocycles. The van der Waals surface area contributed by atoms with E-state index in [0.717, 1.165) is 37.7 Å². The zero-order chi connectivity index (χ0) is 17.2. The summed E-state index contributed by atoms with van der Waals surface area (Å²) in [7, 11) is 1.88. The molecule has 2 aliphatic heterocycles. The summed E-state index contributed by atoms with van der Waals surface area (Å²) in [6, 6.07) is 3.93. The van der Waals surface area contributed by atoms with E-state index in [4.69, 9.17) is 0 Å². The van der Waals surface area contributed by atoms with Crippen LogP contribution in [0.1, 0.15) is 36.0 Å². The van der Waals surface area contributed by atoms with Crippen LogP contribution >= 0.6 is 0 Å². The summed E-state index contributed by atoms with van der Waals surface area (Å²) in [5.41, 5.74) is 0.691. The maximum atomic E-state index is 13.0. The predicted octanol–water partition coefficient (Wildman–Crippen LogP) is 2.16. The lowest BCUT2D eigenvalue weighted by Crippen LogP contribution is -2.41. The third-order valence-corrected chi connectivity index (χ3v) is 5.60. The summed E-state index contributed by atoms with van der Waals surface area (Å²) in [5.74, 6) is 1.69. The maximum Gasteiger partial charge on any atom is 0.259 e. The number of aromatic nitrogens is 3. The molecule has 0 bridgehead atoms. The fraction of sp³-hybridized carbons (Fsp3) is 0.579. The van der Waals surface area contributed by atoms with Crippen LogP contribution in [-0.2, 0) is 7.05 Å². The van der Waals surface area contributed by atoms with Crippen molar-refractivity contribution in [1.82, 2.24) is 24.1 Å². The molecule has 25 heavy (non-hydrogen) atoms. The Balaban J connectivity index is 1.41. The number of carbonyl (C=O) groups excluding carboxylic acids is 1. The summed E-state index contributed by atoms with van der Waals surface area (Å²) in [5, 5.41) is 4.31. The number of piperidine rings is 1. The van der Waals surface area contributed by atoms with Gasteiger partial charge in [-0.05, 0) is 56.8 Å². The number of nitrogens with zero attached hydrogens (tertiary/aromatic N) is 5. The molecule has 2 aliphatic rings. The lowest BCUT2D eigenvalue weighted by Gasteiger charge is -2.33. The first-order valence-electron chi connectivity index (χ1n) is 9.39. The molecule has 2 saturated heterocycles. The molecule has 0 radical (unpaired) electrons. The van der Waals surface area contributed by atoms with Crippen molar-refractivity contribution < 1.29 is 4.79 Å². The Morgan fingerprint density at radius 1 is 1.12 bits per heavy atom. The Hall–Kier alpha value is -2.08. The topological polar surface area (TPSA) is 46.3 Å². The molecule has 6 heteroatoms. The zero-order valence-electron chi connectivity index (χ0n) is 15.0. The second-order valence-corrected chi connectivity index (χ2v) is 7.34. The molecule has 0 N–H and O–H groups in total. The zero-order valence-corrected chi connectivity index (χ0v) is 15.0. The first kappa shape index (κ1) is 16.4. The molecule has 0 aromatic carbocycles. The Bertz CT molecular complexity index is 706. The van der Waals surface area contributed by atoms with E-state index < -0.39 is 0 Å². The monoisotopic (exact) mass is 341 g/mol. The van der Waals surface area contributed by atoms with Crippen LogP contribution in [-0.4, -0.2) is 62.8 Å². The third-order valence-electron chi connectivity index (χ3n) is 5.60. The quantitative estimate of drug-likeness (QED) is 0.856. The van der Waals surface area contributed by atoms with E-state index in [1.165, 1.54) is 32.5 Å². The molecule has 2 aromatic heterocycles. The van der Waals surface area contributed by atoms with E-state index in [9.17, 15) is 4.79 Å². The minimum absolute atomic E-state index is 0.108. The second-order valence-electron chi connectivity index (χ2n) is 7.34. The van der Waals surface area contributed by atoms with Gasteiger partial charge in [0.05, 0.1) is 6.20 Å². The highest BCUT2D eigenvalue weighted by Gasteiger charge is 2.28. The van der Waals surface area contributed by atoms with Crippen LogP contribution in [0.4, 0.5) is 0 Å². The molecule has 4 rings (SSSR count). The van der Waals surface area contributed by atoms with Gasteiger partial charge in [-0.2, -0.15) is 5.10 Å². The standard InChI is InChI=1S/C19H27N5O/c1-21-18(23-10-4-5-11-23)17(14-20-21)19(25)24-12-6-16(7-13-24)15-22-8-2-3-9-22/h4-5,10-11,14,16H,2-3,6-9,12-13,15H2,1H3. The van der Waals surface area contributed by atoms with Crippen LogP contribution in [0.25, 0.3) is 5.82 Å². The van der Waals surface area contributed by atoms with E-state index in [0.29, 0.717) is 5.56 Å². The molecule has 1 amide bonds. The SMILES string of the molecule is Cn1ncc(C(=O)N2CCC(CN3CCCC3)CC2)c1-n1cccc1. The van der Waals surface area contributed by atoms with Crippen LogP contribution in [0.5, 0.6) is 0 Å². The smallest absolute Gasteiger partial charge is 0.259 e.